The van der Waals surface area contributed by atoms with Gasteiger partial charge in [0, 0.05) is 5.56 Å². The highest BCUT2D eigenvalue weighted by Gasteiger charge is 2.34. The fraction of sp³-hybridized carbons (Fsp3) is 0.219. The topological polar surface area (TPSA) is 67.9 Å². The molecule has 39 heavy (non-hydrogen) atoms. The highest BCUT2D eigenvalue weighted by atomic mass is 32.1. The lowest BCUT2D eigenvalue weighted by atomic mass is 10.0. The van der Waals surface area contributed by atoms with Gasteiger partial charge in [-0.1, -0.05) is 55.0 Å². The molecule has 1 fully saturated rings. The Balaban J connectivity index is 1.70. The Morgan fingerprint density at radius 2 is 1.67 bits per heavy atom. The molecule has 0 aliphatic carbocycles. The fourth-order valence-electron chi connectivity index (χ4n) is 4.28. The second-order valence-electron chi connectivity index (χ2n) is 9.19. The number of anilines is 1. The Labute approximate surface area is 234 Å². The molecule has 0 bridgehead atoms. The second-order valence-corrected chi connectivity index (χ2v) is 9.57. The minimum atomic E-state index is -0.547. The third-order valence-corrected chi connectivity index (χ3v) is 6.62. The van der Waals surface area contributed by atoms with Crippen molar-refractivity contribution in [3.8, 4) is 11.5 Å². The van der Waals surface area contributed by atoms with Crippen molar-refractivity contribution in [1.82, 2.24) is 5.32 Å². The highest BCUT2D eigenvalue weighted by molar-refractivity contribution is 7.80. The van der Waals surface area contributed by atoms with Gasteiger partial charge >= 0.3 is 0 Å². The first kappa shape index (κ1) is 27.8. The molecule has 1 heterocycles. The number of nitrogens with one attached hydrogen (secondary N) is 1. The van der Waals surface area contributed by atoms with Crippen LogP contribution in [0.1, 0.15) is 41.7 Å². The number of nitrogens with zero attached hydrogens (tertiary/aromatic N) is 1. The predicted molar refractivity (Wildman–Crippen MR) is 159 cm³/mol. The molecule has 0 spiro atoms. The van der Waals surface area contributed by atoms with Crippen molar-refractivity contribution < 1.29 is 19.1 Å². The van der Waals surface area contributed by atoms with Crippen molar-refractivity contribution in [2.45, 2.75) is 40.2 Å². The number of hydrogen-bond donors (Lipinski definition) is 1. The third-order valence-electron chi connectivity index (χ3n) is 6.34. The molecule has 4 rings (SSSR count). The largest absolute Gasteiger partial charge is 0.490 e. The van der Waals surface area contributed by atoms with Crippen LogP contribution in [-0.4, -0.2) is 23.5 Å². The van der Waals surface area contributed by atoms with Crippen molar-refractivity contribution in [2.24, 2.45) is 0 Å². The number of allylic oxidation sites excluding steroid dienone is 1. The number of carbonyl (C=O) groups is 2. The van der Waals surface area contributed by atoms with Gasteiger partial charge in [0.25, 0.3) is 11.8 Å². The molecule has 0 atom stereocenters. The zero-order valence-corrected chi connectivity index (χ0v) is 23.3. The summed E-state index contributed by atoms with van der Waals surface area (Å²) in [7, 11) is 0. The third kappa shape index (κ3) is 6.44. The van der Waals surface area contributed by atoms with E-state index in [4.69, 9.17) is 21.7 Å². The van der Waals surface area contributed by atoms with E-state index in [1.54, 1.807) is 18.2 Å². The summed E-state index contributed by atoms with van der Waals surface area (Å²) < 4.78 is 12.2. The molecule has 1 aliphatic rings. The van der Waals surface area contributed by atoms with Gasteiger partial charge in [0.1, 0.15) is 12.2 Å². The maximum absolute atomic E-state index is 13.5. The van der Waals surface area contributed by atoms with Crippen molar-refractivity contribution in [1.29, 1.82) is 0 Å². The van der Waals surface area contributed by atoms with Gasteiger partial charge in [0.15, 0.2) is 16.6 Å². The number of ether oxygens (including phenoxy) is 2. The Kier molecular flexibility index (Phi) is 8.94. The van der Waals surface area contributed by atoms with Crippen LogP contribution in [0.2, 0.25) is 0 Å². The van der Waals surface area contributed by atoms with E-state index in [0.717, 1.165) is 23.1 Å². The van der Waals surface area contributed by atoms with Crippen molar-refractivity contribution in [3.05, 3.63) is 107 Å². The number of hydrogen-bond acceptors (Lipinski definition) is 5. The molecule has 1 aliphatic heterocycles. The van der Waals surface area contributed by atoms with E-state index in [1.165, 1.54) is 10.5 Å². The van der Waals surface area contributed by atoms with E-state index in [9.17, 15) is 9.59 Å². The maximum Gasteiger partial charge on any atom is 0.270 e. The first-order valence-corrected chi connectivity index (χ1v) is 13.3. The van der Waals surface area contributed by atoms with Gasteiger partial charge in [-0.05, 0) is 85.9 Å². The van der Waals surface area contributed by atoms with E-state index in [2.05, 4.69) is 18.8 Å². The van der Waals surface area contributed by atoms with E-state index in [0.29, 0.717) is 42.4 Å². The van der Waals surface area contributed by atoms with E-state index < -0.39 is 11.8 Å². The summed E-state index contributed by atoms with van der Waals surface area (Å²) in [6.45, 7) is 10.7. The Bertz CT molecular complexity index is 1430. The first-order valence-electron chi connectivity index (χ1n) is 12.9. The molecule has 2 amide bonds. The zero-order chi connectivity index (χ0) is 27.9. The normalized spacial score (nSPS) is 14.4. The van der Waals surface area contributed by atoms with Crippen LogP contribution in [0.25, 0.3) is 6.08 Å². The molecule has 7 heteroatoms. The quantitative estimate of drug-likeness (QED) is 0.146. The Morgan fingerprint density at radius 1 is 0.974 bits per heavy atom. The number of benzene rings is 3. The van der Waals surface area contributed by atoms with Gasteiger partial charge in [-0.15, -0.1) is 6.58 Å². The molecule has 0 radical (unpaired) electrons. The Hall–Kier alpha value is -4.23. The van der Waals surface area contributed by atoms with Crippen LogP contribution < -0.4 is 19.7 Å². The lowest BCUT2D eigenvalue weighted by Gasteiger charge is -2.29. The number of amides is 2. The highest BCUT2D eigenvalue weighted by Crippen LogP contribution is 2.36. The molecule has 3 aromatic carbocycles. The average molecular weight is 541 g/mol. The smallest absolute Gasteiger partial charge is 0.270 e. The van der Waals surface area contributed by atoms with Crippen LogP contribution in [0.5, 0.6) is 11.5 Å². The standard InChI is InChI=1S/C32H32N2O4S/c1-5-8-25-17-24(19-28(37-7-3)29(25)38-20-23-11-9-21(4)10-12-23)18-27-30(35)33-32(39)34(31(27)36)26-15-13-22(6-2)14-16-26/h5,9-19H,1,6-8,20H2,2-4H3,(H,33,35,39)/b27-18+. The van der Waals surface area contributed by atoms with Crippen LogP contribution in [0.4, 0.5) is 5.69 Å². The minimum Gasteiger partial charge on any atom is -0.490 e. The SMILES string of the molecule is C=CCc1cc(/C=C2\C(=O)NC(=S)N(c3ccc(CC)cc3)C2=O)cc(OCC)c1OCc1ccc(C)cc1. The molecular weight excluding hydrogens is 508 g/mol. The van der Waals surface area contributed by atoms with E-state index in [-0.39, 0.29) is 10.7 Å². The van der Waals surface area contributed by atoms with E-state index in [1.807, 2.05) is 68.4 Å². The molecule has 1 N–H and O–H groups in total. The van der Waals surface area contributed by atoms with Gasteiger partial charge < -0.3 is 9.47 Å². The molecule has 1 saturated heterocycles. The summed E-state index contributed by atoms with van der Waals surface area (Å²) in [5, 5.41) is 2.70. The average Bonchev–Trinajstić information content (AvgIpc) is 2.92. The molecular formula is C32H32N2O4S. The minimum absolute atomic E-state index is 0.0245. The van der Waals surface area contributed by atoms with Crippen LogP contribution >= 0.6 is 12.2 Å². The molecule has 200 valence electrons. The van der Waals surface area contributed by atoms with Crippen LogP contribution in [0.3, 0.4) is 0 Å². The van der Waals surface area contributed by atoms with Crippen molar-refractivity contribution in [3.63, 3.8) is 0 Å². The fourth-order valence-corrected chi connectivity index (χ4v) is 4.56. The van der Waals surface area contributed by atoms with Crippen LogP contribution in [0.15, 0.2) is 78.9 Å². The van der Waals surface area contributed by atoms with Crippen molar-refractivity contribution >= 4 is 40.9 Å². The summed E-state index contributed by atoms with van der Waals surface area (Å²) in [5.74, 6) is 0.102. The lowest BCUT2D eigenvalue weighted by molar-refractivity contribution is -0.122. The van der Waals surface area contributed by atoms with Gasteiger partial charge in [-0.3, -0.25) is 19.8 Å². The first-order chi connectivity index (χ1) is 18.8. The van der Waals surface area contributed by atoms with Gasteiger partial charge in [-0.25, -0.2) is 0 Å². The van der Waals surface area contributed by atoms with E-state index >= 15 is 0 Å². The summed E-state index contributed by atoms with van der Waals surface area (Å²) in [6, 6.07) is 19.3. The second kappa shape index (κ2) is 12.5. The summed E-state index contributed by atoms with van der Waals surface area (Å²) in [5.41, 5.74) is 5.38. The zero-order valence-electron chi connectivity index (χ0n) is 22.5. The molecule has 0 saturated carbocycles. The lowest BCUT2D eigenvalue weighted by Crippen LogP contribution is -2.54. The predicted octanol–water partition coefficient (Wildman–Crippen LogP) is 6.09. The number of carbonyl (C=O) groups excluding carboxylic acids is 2. The number of thiocarbonyl (C=S) groups is 1. The van der Waals surface area contributed by atoms with Crippen molar-refractivity contribution in [2.75, 3.05) is 11.5 Å². The molecule has 0 aromatic heterocycles. The van der Waals surface area contributed by atoms with Gasteiger partial charge in [-0.2, -0.15) is 0 Å². The van der Waals surface area contributed by atoms with Gasteiger partial charge in [0.05, 0.1) is 12.3 Å². The summed E-state index contributed by atoms with van der Waals surface area (Å²) in [6.07, 6.45) is 4.73. The maximum atomic E-state index is 13.5. The van der Waals surface area contributed by atoms with Gasteiger partial charge in [0.2, 0.25) is 0 Å². The molecule has 3 aromatic rings. The molecule has 0 unspecified atom stereocenters. The number of aryl methyl sites for hydroxylation is 2. The monoisotopic (exact) mass is 540 g/mol. The summed E-state index contributed by atoms with van der Waals surface area (Å²) in [4.78, 5) is 27.7. The van der Waals surface area contributed by atoms with Crippen LogP contribution in [0, 0.1) is 6.92 Å². The summed E-state index contributed by atoms with van der Waals surface area (Å²) >= 11 is 5.34. The Morgan fingerprint density at radius 3 is 2.31 bits per heavy atom. The van der Waals surface area contributed by atoms with Crippen LogP contribution in [-0.2, 0) is 29.0 Å². The number of rotatable bonds is 10. The molecule has 6 nitrogen and oxygen atoms in total.